The number of ketones is 1. The fourth-order valence-corrected chi connectivity index (χ4v) is 4.14. The van der Waals surface area contributed by atoms with Crippen molar-refractivity contribution in [2.75, 3.05) is 20.8 Å². The van der Waals surface area contributed by atoms with Crippen LogP contribution in [0.25, 0.3) is 32.2 Å². The molecule has 0 bridgehead atoms. The second kappa shape index (κ2) is 8.63. The maximum absolute atomic E-state index is 12.5. The van der Waals surface area contributed by atoms with Gasteiger partial charge in [0.2, 0.25) is 5.82 Å². The number of ether oxygens (including phenoxy) is 3. The lowest BCUT2D eigenvalue weighted by molar-refractivity contribution is -0.128. The average molecular weight is 453 g/mol. The number of benzene rings is 2. The first-order valence-electron chi connectivity index (χ1n) is 10.1. The molecule has 0 radical (unpaired) electrons. The SMILES string of the molecule is COc1ccc(-c2noc(-c3sc4ccccc4c3OCC(=O)C(C)(C)C)n2)c(OC)c1. The molecule has 0 N–H and O–H groups in total. The highest BCUT2D eigenvalue weighted by Crippen LogP contribution is 2.44. The summed E-state index contributed by atoms with van der Waals surface area (Å²) >= 11 is 1.48. The molecule has 0 fully saturated rings. The molecule has 2 heterocycles. The first-order valence-corrected chi connectivity index (χ1v) is 10.9. The molecule has 0 saturated heterocycles. The van der Waals surface area contributed by atoms with Gasteiger partial charge in [0, 0.05) is 21.6 Å². The van der Waals surface area contributed by atoms with Crippen LogP contribution in [-0.2, 0) is 4.79 Å². The third-order valence-corrected chi connectivity index (χ3v) is 6.14. The average Bonchev–Trinajstić information content (AvgIpc) is 3.41. The van der Waals surface area contributed by atoms with Crippen LogP contribution in [0.1, 0.15) is 20.8 Å². The highest BCUT2D eigenvalue weighted by Gasteiger charge is 2.26. The molecular weight excluding hydrogens is 428 g/mol. The molecular formula is C24H24N2O5S. The number of Topliss-reactive ketones (excluding diaryl/α,β-unsaturated/α-hetero) is 1. The van der Waals surface area contributed by atoms with Crippen molar-refractivity contribution in [2.24, 2.45) is 5.41 Å². The molecule has 166 valence electrons. The van der Waals surface area contributed by atoms with Crippen molar-refractivity contribution >= 4 is 27.2 Å². The van der Waals surface area contributed by atoms with Gasteiger partial charge in [-0.25, -0.2) is 0 Å². The van der Waals surface area contributed by atoms with E-state index in [1.54, 1.807) is 26.4 Å². The number of aromatic nitrogens is 2. The van der Waals surface area contributed by atoms with E-state index in [2.05, 4.69) is 10.1 Å². The van der Waals surface area contributed by atoms with Gasteiger partial charge in [-0.3, -0.25) is 4.79 Å². The zero-order chi connectivity index (χ0) is 22.9. The molecule has 2 aromatic carbocycles. The van der Waals surface area contributed by atoms with Crippen molar-refractivity contribution in [1.82, 2.24) is 10.1 Å². The summed E-state index contributed by atoms with van der Waals surface area (Å²) in [5, 5.41) is 5.05. The van der Waals surface area contributed by atoms with Crippen molar-refractivity contribution in [3.05, 3.63) is 42.5 Å². The molecule has 4 aromatic rings. The first-order chi connectivity index (χ1) is 15.3. The van der Waals surface area contributed by atoms with Crippen LogP contribution < -0.4 is 14.2 Å². The van der Waals surface area contributed by atoms with Crippen molar-refractivity contribution in [3.8, 4) is 39.4 Å². The lowest BCUT2D eigenvalue weighted by Crippen LogP contribution is -2.26. The van der Waals surface area contributed by atoms with Gasteiger partial charge in [-0.15, -0.1) is 11.3 Å². The van der Waals surface area contributed by atoms with Crippen molar-refractivity contribution in [3.63, 3.8) is 0 Å². The minimum atomic E-state index is -0.492. The Morgan fingerprint density at radius 3 is 2.59 bits per heavy atom. The summed E-state index contributed by atoms with van der Waals surface area (Å²) in [6.07, 6.45) is 0. The Kier molecular flexibility index (Phi) is 5.88. The summed E-state index contributed by atoms with van der Waals surface area (Å²) in [5.74, 6) is 2.51. The molecule has 0 atom stereocenters. The maximum Gasteiger partial charge on any atom is 0.272 e. The number of thiophene rings is 1. The number of fused-ring (bicyclic) bond motifs is 1. The third kappa shape index (κ3) is 4.18. The van der Waals surface area contributed by atoms with Crippen LogP contribution in [-0.4, -0.2) is 36.8 Å². The number of hydrogen-bond acceptors (Lipinski definition) is 8. The lowest BCUT2D eigenvalue weighted by Gasteiger charge is -2.16. The Bertz CT molecular complexity index is 1270. The van der Waals surface area contributed by atoms with E-state index in [1.807, 2.05) is 51.1 Å². The van der Waals surface area contributed by atoms with E-state index in [-0.39, 0.29) is 12.4 Å². The van der Waals surface area contributed by atoms with Gasteiger partial charge < -0.3 is 18.7 Å². The van der Waals surface area contributed by atoms with Crippen LogP contribution >= 0.6 is 11.3 Å². The Hall–Kier alpha value is -3.39. The topological polar surface area (TPSA) is 83.7 Å². The zero-order valence-electron chi connectivity index (χ0n) is 18.6. The van der Waals surface area contributed by atoms with Crippen molar-refractivity contribution in [2.45, 2.75) is 20.8 Å². The number of hydrogen-bond donors (Lipinski definition) is 0. The zero-order valence-corrected chi connectivity index (χ0v) is 19.4. The summed E-state index contributed by atoms with van der Waals surface area (Å²) in [6.45, 7) is 5.58. The highest BCUT2D eigenvalue weighted by molar-refractivity contribution is 7.22. The maximum atomic E-state index is 12.5. The largest absolute Gasteiger partial charge is 0.497 e. The number of rotatable bonds is 7. The van der Waals surface area contributed by atoms with E-state index >= 15 is 0 Å². The Morgan fingerprint density at radius 1 is 1.09 bits per heavy atom. The summed E-state index contributed by atoms with van der Waals surface area (Å²) in [4.78, 5) is 17.7. The summed E-state index contributed by atoms with van der Waals surface area (Å²) in [7, 11) is 3.16. The molecule has 2 aromatic heterocycles. The van der Waals surface area contributed by atoms with Crippen molar-refractivity contribution in [1.29, 1.82) is 0 Å². The Labute approximate surface area is 189 Å². The van der Waals surface area contributed by atoms with Gasteiger partial charge in [-0.2, -0.15) is 4.98 Å². The van der Waals surface area contributed by atoms with Gasteiger partial charge in [-0.1, -0.05) is 38.1 Å². The highest BCUT2D eigenvalue weighted by atomic mass is 32.1. The van der Waals surface area contributed by atoms with E-state index in [0.29, 0.717) is 39.4 Å². The van der Waals surface area contributed by atoms with E-state index < -0.39 is 5.41 Å². The molecule has 0 amide bonds. The van der Waals surface area contributed by atoms with Crippen molar-refractivity contribution < 1.29 is 23.5 Å². The summed E-state index contributed by atoms with van der Waals surface area (Å²) < 4.78 is 23.3. The summed E-state index contributed by atoms with van der Waals surface area (Å²) in [5.41, 5.74) is 0.184. The minimum absolute atomic E-state index is 0.00733. The number of methoxy groups -OCH3 is 2. The molecule has 0 saturated carbocycles. The second-order valence-corrected chi connectivity index (χ2v) is 9.26. The molecule has 0 aliphatic rings. The van der Waals surface area contributed by atoms with Crippen LogP contribution in [0.15, 0.2) is 47.0 Å². The minimum Gasteiger partial charge on any atom is -0.497 e. The fourth-order valence-electron chi connectivity index (χ4n) is 3.07. The number of nitrogens with zero attached hydrogens (tertiary/aromatic N) is 2. The predicted molar refractivity (Wildman–Crippen MR) is 124 cm³/mol. The second-order valence-electron chi connectivity index (χ2n) is 8.21. The van der Waals surface area contributed by atoms with E-state index in [1.165, 1.54) is 11.3 Å². The fraction of sp³-hybridized carbons (Fsp3) is 0.292. The van der Waals surface area contributed by atoms with Gasteiger partial charge in [-0.05, 0) is 24.3 Å². The van der Waals surface area contributed by atoms with Gasteiger partial charge in [0.1, 0.15) is 23.0 Å². The van der Waals surface area contributed by atoms with Crippen LogP contribution in [0.3, 0.4) is 0 Å². The molecule has 0 aliphatic heterocycles. The number of carbonyl (C=O) groups excluding carboxylic acids is 1. The van der Waals surface area contributed by atoms with Crippen LogP contribution in [0.4, 0.5) is 0 Å². The molecule has 0 unspecified atom stereocenters. The normalized spacial score (nSPS) is 11.5. The molecule has 0 spiro atoms. The van der Waals surface area contributed by atoms with Gasteiger partial charge in [0.25, 0.3) is 5.89 Å². The van der Waals surface area contributed by atoms with Crippen LogP contribution in [0.2, 0.25) is 0 Å². The molecule has 7 nitrogen and oxygen atoms in total. The third-order valence-electron chi connectivity index (χ3n) is 5.00. The van der Waals surface area contributed by atoms with Gasteiger partial charge in [0.15, 0.2) is 11.5 Å². The first kappa shape index (κ1) is 21.8. The van der Waals surface area contributed by atoms with E-state index in [0.717, 1.165) is 10.1 Å². The standard InChI is InChI=1S/C24H24N2O5S/c1-24(2,3)19(27)13-30-20-16-8-6-7-9-18(16)32-21(20)23-25-22(26-31-23)15-11-10-14(28-4)12-17(15)29-5/h6-12H,13H2,1-5H3. The Balaban J connectivity index is 1.73. The number of carbonyl (C=O) groups is 1. The lowest BCUT2D eigenvalue weighted by atomic mass is 9.91. The summed E-state index contributed by atoms with van der Waals surface area (Å²) in [6, 6.07) is 13.2. The smallest absolute Gasteiger partial charge is 0.272 e. The van der Waals surface area contributed by atoms with E-state index in [9.17, 15) is 4.79 Å². The predicted octanol–water partition coefficient (Wildman–Crippen LogP) is 5.63. The monoisotopic (exact) mass is 452 g/mol. The van der Waals surface area contributed by atoms with Gasteiger partial charge in [0.05, 0.1) is 19.8 Å². The van der Waals surface area contributed by atoms with Gasteiger partial charge >= 0.3 is 0 Å². The Morgan fingerprint density at radius 2 is 1.88 bits per heavy atom. The molecule has 4 rings (SSSR count). The molecule has 32 heavy (non-hydrogen) atoms. The molecule has 0 aliphatic carbocycles. The van der Waals surface area contributed by atoms with Crippen LogP contribution in [0, 0.1) is 5.41 Å². The van der Waals surface area contributed by atoms with Crippen LogP contribution in [0.5, 0.6) is 17.2 Å². The quantitative estimate of drug-likeness (QED) is 0.359. The molecule has 8 heteroatoms. The van der Waals surface area contributed by atoms with E-state index in [4.69, 9.17) is 18.7 Å².